The van der Waals surface area contributed by atoms with Gasteiger partial charge in [0, 0.05) is 0 Å². The third kappa shape index (κ3) is 3.48. The molecule has 116 valence electrons. The molecule has 25 heavy (non-hydrogen) atoms. The number of rotatable bonds is 3. The van der Waals surface area contributed by atoms with Crippen molar-refractivity contribution in [2.24, 2.45) is 0 Å². The maximum absolute atomic E-state index is 9.02. The highest BCUT2D eigenvalue weighted by Crippen LogP contribution is 2.02. The minimum Gasteiger partial charge on any atom is -0.192 e. The summed E-state index contributed by atoms with van der Waals surface area (Å²) in [6.07, 6.45) is 0. The molecule has 3 aromatic rings. The van der Waals surface area contributed by atoms with Crippen molar-refractivity contribution in [2.75, 3.05) is 0 Å². The molecular weight excluding hydrogens is 322 g/mol. The van der Waals surface area contributed by atoms with Gasteiger partial charge in [-0.25, -0.2) is 0 Å². The molecule has 4 heteroatoms. The number of benzene rings is 3. The van der Waals surface area contributed by atoms with Crippen LogP contribution in [-0.4, -0.2) is 8.80 Å². The van der Waals surface area contributed by atoms with Crippen LogP contribution in [-0.2, 0) is 0 Å². The van der Waals surface area contributed by atoms with E-state index < -0.39 is 8.80 Å². The fourth-order valence-electron chi connectivity index (χ4n) is 2.83. The lowest BCUT2D eigenvalue weighted by Crippen LogP contribution is -2.51. The second-order valence-electron chi connectivity index (χ2n) is 5.63. The Morgan fingerprint density at radius 1 is 0.440 bits per heavy atom. The molecule has 3 rings (SSSR count). The number of nitriles is 3. The van der Waals surface area contributed by atoms with Gasteiger partial charge in [-0.3, -0.25) is 0 Å². The first kappa shape index (κ1) is 16.2. The Morgan fingerprint density at radius 3 is 0.880 bits per heavy atom. The minimum absolute atomic E-state index is 0.635. The van der Waals surface area contributed by atoms with E-state index in [9.17, 15) is 0 Å². The molecule has 0 unspecified atom stereocenters. The molecule has 3 nitrogen and oxygen atoms in total. The lowest BCUT2D eigenvalue weighted by Gasteiger charge is -2.17. The molecule has 0 spiro atoms. The highest BCUT2D eigenvalue weighted by atomic mass is 28.3. The van der Waals surface area contributed by atoms with Gasteiger partial charge in [-0.2, -0.15) is 15.8 Å². The minimum atomic E-state index is -1.73. The molecule has 0 saturated heterocycles. The Balaban J connectivity index is 2.10. The number of nitrogens with zero attached hydrogens (tertiary/aromatic N) is 3. The largest absolute Gasteiger partial charge is 0.192 e. The molecule has 0 amide bonds. The fraction of sp³-hybridized carbons (Fsp3) is 0. The van der Waals surface area contributed by atoms with Crippen LogP contribution in [0.4, 0.5) is 0 Å². The molecular formula is C21H13N3Si. The molecule has 0 heterocycles. The van der Waals surface area contributed by atoms with Crippen LogP contribution in [0.1, 0.15) is 16.7 Å². The van der Waals surface area contributed by atoms with Crippen molar-refractivity contribution in [3.8, 4) is 18.2 Å². The predicted octanol–water partition coefficient (Wildman–Crippen LogP) is 1.55. The summed E-state index contributed by atoms with van der Waals surface area (Å²) < 4.78 is 0. The van der Waals surface area contributed by atoms with Gasteiger partial charge >= 0.3 is 0 Å². The van der Waals surface area contributed by atoms with Gasteiger partial charge in [-0.1, -0.05) is 52.0 Å². The summed E-state index contributed by atoms with van der Waals surface area (Å²) in [6, 6.07) is 29.5. The van der Waals surface area contributed by atoms with Gasteiger partial charge in [0.15, 0.2) is 0 Å². The summed E-state index contributed by atoms with van der Waals surface area (Å²) in [5, 5.41) is 30.6. The Morgan fingerprint density at radius 2 is 0.680 bits per heavy atom. The zero-order chi connectivity index (χ0) is 17.6. The maximum Gasteiger partial charge on any atom is 0.132 e. The summed E-state index contributed by atoms with van der Waals surface area (Å²) in [5.74, 6) is 0. The van der Waals surface area contributed by atoms with Crippen LogP contribution in [0.3, 0.4) is 0 Å². The third-order valence-corrected chi connectivity index (χ3v) is 7.27. The Labute approximate surface area is 148 Å². The summed E-state index contributed by atoms with van der Waals surface area (Å²) in [5.41, 5.74) is 1.91. The second-order valence-corrected chi connectivity index (χ2v) is 8.50. The van der Waals surface area contributed by atoms with Crippen LogP contribution in [0, 0.1) is 34.0 Å². The van der Waals surface area contributed by atoms with Crippen molar-refractivity contribution in [3.63, 3.8) is 0 Å². The van der Waals surface area contributed by atoms with E-state index in [4.69, 9.17) is 15.8 Å². The lowest BCUT2D eigenvalue weighted by atomic mass is 10.2. The highest BCUT2D eigenvalue weighted by Gasteiger charge is 2.19. The van der Waals surface area contributed by atoms with E-state index in [1.165, 1.54) is 15.6 Å². The van der Waals surface area contributed by atoms with E-state index in [1.54, 1.807) is 0 Å². The Bertz CT molecular complexity index is 863. The molecule has 0 bridgehead atoms. The van der Waals surface area contributed by atoms with Crippen molar-refractivity contribution in [2.45, 2.75) is 0 Å². The van der Waals surface area contributed by atoms with Crippen molar-refractivity contribution >= 4 is 24.4 Å². The lowest BCUT2D eigenvalue weighted by molar-refractivity contribution is 1.49. The smallest absolute Gasteiger partial charge is 0.132 e. The van der Waals surface area contributed by atoms with E-state index in [2.05, 4.69) is 18.2 Å². The van der Waals surface area contributed by atoms with E-state index in [1.807, 2.05) is 72.8 Å². The van der Waals surface area contributed by atoms with Gasteiger partial charge in [-0.05, 0) is 36.4 Å². The number of hydrogen-bond acceptors (Lipinski definition) is 3. The van der Waals surface area contributed by atoms with Gasteiger partial charge in [0.05, 0.1) is 34.9 Å². The van der Waals surface area contributed by atoms with Crippen molar-refractivity contribution in [1.82, 2.24) is 0 Å². The summed E-state index contributed by atoms with van der Waals surface area (Å²) in [4.78, 5) is 0. The van der Waals surface area contributed by atoms with Gasteiger partial charge in [0.25, 0.3) is 0 Å². The van der Waals surface area contributed by atoms with Gasteiger partial charge in [0.1, 0.15) is 8.80 Å². The van der Waals surface area contributed by atoms with Crippen LogP contribution < -0.4 is 15.6 Å². The second kappa shape index (κ2) is 7.28. The van der Waals surface area contributed by atoms with E-state index >= 15 is 0 Å². The van der Waals surface area contributed by atoms with Crippen LogP contribution in [0.25, 0.3) is 0 Å². The zero-order valence-electron chi connectivity index (χ0n) is 13.3. The molecule has 3 aromatic carbocycles. The molecule has 0 aliphatic heterocycles. The monoisotopic (exact) mass is 335 g/mol. The predicted molar refractivity (Wildman–Crippen MR) is 99.5 cm³/mol. The highest BCUT2D eigenvalue weighted by molar-refractivity contribution is 6.95. The van der Waals surface area contributed by atoms with Crippen molar-refractivity contribution < 1.29 is 0 Å². The van der Waals surface area contributed by atoms with Crippen LogP contribution >= 0.6 is 0 Å². The Kier molecular flexibility index (Phi) is 4.72. The molecule has 0 N–H and O–H groups in total. The fourth-order valence-corrected chi connectivity index (χ4v) is 5.71. The van der Waals surface area contributed by atoms with Crippen molar-refractivity contribution in [3.05, 3.63) is 89.5 Å². The van der Waals surface area contributed by atoms with E-state index in [0.29, 0.717) is 16.7 Å². The van der Waals surface area contributed by atoms with Crippen LogP contribution in [0.2, 0.25) is 0 Å². The topological polar surface area (TPSA) is 71.4 Å². The summed E-state index contributed by atoms with van der Waals surface area (Å²) in [6.45, 7) is 0. The number of hydrogen-bond donors (Lipinski definition) is 0. The zero-order valence-corrected chi connectivity index (χ0v) is 14.5. The first-order valence-corrected chi connectivity index (χ1v) is 9.48. The molecule has 0 radical (unpaired) electrons. The van der Waals surface area contributed by atoms with Gasteiger partial charge in [0.2, 0.25) is 0 Å². The average Bonchev–Trinajstić information content (AvgIpc) is 2.70. The molecule has 0 fully saturated rings. The van der Waals surface area contributed by atoms with Crippen molar-refractivity contribution in [1.29, 1.82) is 15.8 Å². The summed E-state index contributed by atoms with van der Waals surface area (Å²) in [7, 11) is -1.73. The Hall–Kier alpha value is -3.65. The quantitative estimate of drug-likeness (QED) is 0.538. The van der Waals surface area contributed by atoms with Crippen LogP contribution in [0.15, 0.2) is 72.8 Å². The maximum atomic E-state index is 9.02. The van der Waals surface area contributed by atoms with Gasteiger partial charge in [-0.15, -0.1) is 0 Å². The van der Waals surface area contributed by atoms with E-state index in [0.717, 1.165) is 0 Å². The van der Waals surface area contributed by atoms with E-state index in [-0.39, 0.29) is 0 Å². The first-order chi connectivity index (χ1) is 12.2. The molecule has 0 atom stereocenters. The first-order valence-electron chi connectivity index (χ1n) is 7.75. The third-order valence-electron chi connectivity index (χ3n) is 4.12. The molecule has 0 aromatic heterocycles. The van der Waals surface area contributed by atoms with Crippen LogP contribution in [0.5, 0.6) is 0 Å². The average molecular weight is 335 g/mol. The molecule has 0 saturated carbocycles. The summed E-state index contributed by atoms with van der Waals surface area (Å²) >= 11 is 0. The molecule has 0 aliphatic carbocycles. The SMILES string of the molecule is N#Cc1ccc([SiH](c2ccc(C#N)cc2)c2ccc(C#N)cc2)cc1. The van der Waals surface area contributed by atoms with Gasteiger partial charge < -0.3 is 0 Å². The standard InChI is InChI=1S/C21H13N3Si/c22-13-16-1-7-19(8-2-16)25(20-9-3-17(14-23)4-10-20)21-11-5-18(15-24)6-12-21/h1-12,25H. The normalized spacial score (nSPS) is 9.84. The molecule has 0 aliphatic rings.